The molecular weight excluding hydrogens is 131 g/mol. The van der Waals surface area contributed by atoms with Gasteiger partial charge >= 0.3 is 35.5 Å². The molecule has 0 saturated carbocycles. The molecule has 0 rings (SSSR count). The molecule has 3 nitrogen and oxygen atoms in total. The molecule has 4 heteroatoms. The summed E-state index contributed by atoms with van der Waals surface area (Å²) >= 11 is 0. The zero-order valence-corrected chi connectivity index (χ0v) is 4.42. The minimum atomic E-state index is -1.04. The maximum absolute atomic E-state index is 9.88. The minimum absolute atomic E-state index is 0. The van der Waals surface area contributed by atoms with Crippen molar-refractivity contribution >= 4 is 35.5 Å². The molecule has 0 atom stereocenters. The topological polar surface area (TPSA) is 57.5 Å². The monoisotopic (exact) mass is 140 g/mol. The Morgan fingerprint density at radius 3 is 2.11 bits per heavy atom. The molecule has 0 aliphatic rings. The van der Waals surface area contributed by atoms with Crippen molar-refractivity contribution in [1.82, 2.24) is 0 Å². The van der Waals surface area contributed by atoms with Crippen molar-refractivity contribution in [1.29, 1.82) is 0 Å². The van der Waals surface area contributed by atoms with Gasteiger partial charge in [0.2, 0.25) is 0 Å². The van der Waals surface area contributed by atoms with Gasteiger partial charge in [-0.2, -0.15) is 0 Å². The average molecular weight is 140 g/mol. The summed E-state index contributed by atoms with van der Waals surface area (Å²) in [5.41, 5.74) is 0.0486. The van der Waals surface area contributed by atoms with E-state index in [-0.39, 0.29) is 48.2 Å². The van der Waals surface area contributed by atoms with Gasteiger partial charge in [-0.05, 0) is 0 Å². The summed E-state index contributed by atoms with van der Waals surface area (Å²) < 4.78 is 0. The third-order valence-electron chi connectivity index (χ3n) is 0.716. The molecule has 0 aromatic rings. The number of hydrogen-bond acceptors (Lipinski definition) is 2. The summed E-state index contributed by atoms with van der Waals surface area (Å²) in [5.74, 6) is -1.04. The van der Waals surface area contributed by atoms with E-state index in [1.54, 1.807) is 0 Å². The van der Waals surface area contributed by atoms with Crippen LogP contribution < -0.4 is 0 Å². The molecule has 0 aromatic carbocycles. The number of carbonyl (C=O) groups is 1. The SMILES string of the molecule is C=C(CCO)C(=O)O.[NaH]. The zero-order chi connectivity index (χ0) is 6.57. The first-order valence-corrected chi connectivity index (χ1v) is 2.20. The Hall–Kier alpha value is 0.170. The molecule has 9 heavy (non-hydrogen) atoms. The fraction of sp³-hybridized carbons (Fsp3) is 0.400. The van der Waals surface area contributed by atoms with Gasteiger partial charge in [0.1, 0.15) is 0 Å². The van der Waals surface area contributed by atoms with Gasteiger partial charge in [-0.3, -0.25) is 0 Å². The number of carboxylic acid groups (broad SMARTS) is 1. The van der Waals surface area contributed by atoms with Crippen LogP contribution in [0.1, 0.15) is 6.42 Å². The first kappa shape index (κ1) is 11.9. The number of aliphatic hydroxyl groups is 1. The summed E-state index contributed by atoms with van der Waals surface area (Å²) in [5, 5.41) is 16.3. The van der Waals surface area contributed by atoms with Crippen molar-refractivity contribution in [2.24, 2.45) is 0 Å². The molecule has 0 aliphatic heterocycles. The van der Waals surface area contributed by atoms with Gasteiger partial charge < -0.3 is 10.2 Å². The quantitative estimate of drug-likeness (QED) is 0.405. The van der Waals surface area contributed by atoms with Crippen LogP contribution in [0.5, 0.6) is 0 Å². The van der Waals surface area contributed by atoms with E-state index in [1.807, 2.05) is 0 Å². The van der Waals surface area contributed by atoms with E-state index in [4.69, 9.17) is 10.2 Å². The Balaban J connectivity index is 0. The molecule has 0 fully saturated rings. The van der Waals surface area contributed by atoms with Crippen LogP contribution >= 0.6 is 0 Å². The number of aliphatic hydroxyl groups excluding tert-OH is 1. The molecular formula is C5H9NaO3. The predicted octanol–water partition coefficient (Wildman–Crippen LogP) is -0.639. The Morgan fingerprint density at radius 2 is 2.00 bits per heavy atom. The normalized spacial score (nSPS) is 7.67. The zero-order valence-electron chi connectivity index (χ0n) is 4.42. The standard InChI is InChI=1S/C5H8O3.Na.H/c1-4(2-3-6)5(7)8;;/h6H,1-3H2,(H,7,8);;. The van der Waals surface area contributed by atoms with Crippen molar-refractivity contribution in [2.75, 3.05) is 6.61 Å². The number of carboxylic acids is 1. The molecule has 0 radical (unpaired) electrons. The van der Waals surface area contributed by atoms with Crippen LogP contribution in [-0.2, 0) is 4.79 Å². The van der Waals surface area contributed by atoms with Crippen LogP contribution in [0.25, 0.3) is 0 Å². The van der Waals surface area contributed by atoms with E-state index in [9.17, 15) is 4.79 Å². The van der Waals surface area contributed by atoms with Crippen molar-refractivity contribution in [3.05, 3.63) is 12.2 Å². The van der Waals surface area contributed by atoms with Crippen LogP contribution in [0.4, 0.5) is 0 Å². The molecule has 0 heterocycles. The van der Waals surface area contributed by atoms with E-state index in [1.165, 1.54) is 0 Å². The van der Waals surface area contributed by atoms with E-state index in [0.717, 1.165) is 0 Å². The van der Waals surface area contributed by atoms with E-state index in [2.05, 4.69) is 6.58 Å². The second kappa shape index (κ2) is 6.29. The van der Waals surface area contributed by atoms with Gasteiger partial charge in [0, 0.05) is 18.6 Å². The summed E-state index contributed by atoms with van der Waals surface area (Å²) in [7, 11) is 0. The van der Waals surface area contributed by atoms with Crippen LogP contribution in [0.15, 0.2) is 12.2 Å². The molecule has 2 N–H and O–H groups in total. The van der Waals surface area contributed by atoms with E-state index >= 15 is 0 Å². The molecule has 0 aromatic heterocycles. The fourth-order valence-corrected chi connectivity index (χ4v) is 0.242. The van der Waals surface area contributed by atoms with E-state index < -0.39 is 5.97 Å². The van der Waals surface area contributed by atoms with Crippen LogP contribution in [0, 0.1) is 0 Å². The van der Waals surface area contributed by atoms with Gasteiger partial charge in [0.05, 0.1) is 0 Å². The van der Waals surface area contributed by atoms with Crippen molar-refractivity contribution in [3.63, 3.8) is 0 Å². The van der Waals surface area contributed by atoms with Crippen molar-refractivity contribution in [3.8, 4) is 0 Å². The predicted molar refractivity (Wildman–Crippen MR) is 35.6 cm³/mol. The molecule has 48 valence electrons. The Labute approximate surface area is 75.7 Å². The Bertz CT molecular complexity index is 111. The molecule has 0 aliphatic carbocycles. The van der Waals surface area contributed by atoms with Crippen molar-refractivity contribution < 1.29 is 15.0 Å². The first-order chi connectivity index (χ1) is 3.68. The third-order valence-corrected chi connectivity index (χ3v) is 0.716. The van der Waals surface area contributed by atoms with E-state index in [0.29, 0.717) is 0 Å². The summed E-state index contributed by atoms with van der Waals surface area (Å²) in [6.45, 7) is 3.04. The molecule has 0 saturated heterocycles. The summed E-state index contributed by atoms with van der Waals surface area (Å²) in [4.78, 5) is 9.88. The summed E-state index contributed by atoms with van der Waals surface area (Å²) in [6.07, 6.45) is 0.148. The molecule has 0 amide bonds. The molecule has 0 bridgehead atoms. The maximum atomic E-state index is 9.88. The van der Waals surface area contributed by atoms with Gasteiger partial charge in [0.15, 0.2) is 0 Å². The van der Waals surface area contributed by atoms with Gasteiger partial charge in [0.25, 0.3) is 0 Å². The molecule has 0 unspecified atom stereocenters. The van der Waals surface area contributed by atoms with Crippen LogP contribution in [0.3, 0.4) is 0 Å². The Morgan fingerprint density at radius 1 is 1.56 bits per heavy atom. The second-order valence-corrected chi connectivity index (χ2v) is 1.38. The van der Waals surface area contributed by atoms with Crippen molar-refractivity contribution in [2.45, 2.75) is 6.42 Å². The number of hydrogen-bond donors (Lipinski definition) is 2. The summed E-state index contributed by atoms with van der Waals surface area (Å²) in [6, 6.07) is 0. The van der Waals surface area contributed by atoms with Gasteiger partial charge in [-0.1, -0.05) is 6.58 Å². The van der Waals surface area contributed by atoms with Crippen LogP contribution in [-0.4, -0.2) is 52.3 Å². The average Bonchev–Trinajstić information content (AvgIpc) is 1.67. The van der Waals surface area contributed by atoms with Crippen LogP contribution in [0.2, 0.25) is 0 Å². The fourth-order valence-electron chi connectivity index (χ4n) is 0.242. The Kier molecular flexibility index (Phi) is 8.32. The number of aliphatic carboxylic acids is 1. The van der Waals surface area contributed by atoms with Gasteiger partial charge in [-0.25, -0.2) is 4.79 Å². The first-order valence-electron chi connectivity index (χ1n) is 2.20. The molecule has 0 spiro atoms. The third kappa shape index (κ3) is 6.05. The second-order valence-electron chi connectivity index (χ2n) is 1.38. The number of rotatable bonds is 3. The van der Waals surface area contributed by atoms with Gasteiger partial charge in [-0.15, -0.1) is 0 Å².